The largest absolute Gasteiger partial charge is 0.478 e. The maximum absolute atomic E-state index is 12.9. The Labute approximate surface area is 307 Å². The van der Waals surface area contributed by atoms with Crippen LogP contribution >= 0.6 is 0 Å². The third-order valence-corrected chi connectivity index (χ3v) is 8.16. The van der Waals surface area contributed by atoms with E-state index in [2.05, 4.69) is 44.8 Å². The molecule has 1 heterocycles. The molecule has 1 fully saturated rings. The van der Waals surface area contributed by atoms with Gasteiger partial charge in [0.05, 0.1) is 17.7 Å². The normalized spacial score (nSPS) is 15.5. The van der Waals surface area contributed by atoms with Crippen molar-refractivity contribution in [3.63, 3.8) is 0 Å². The summed E-state index contributed by atoms with van der Waals surface area (Å²) in [6.07, 6.45) is 9.36. The van der Waals surface area contributed by atoms with Gasteiger partial charge in [0.2, 0.25) is 0 Å². The lowest BCUT2D eigenvalue weighted by Gasteiger charge is -2.23. The van der Waals surface area contributed by atoms with Gasteiger partial charge in [-0.1, -0.05) is 136 Å². The Morgan fingerprint density at radius 2 is 1.53 bits per heavy atom. The molecule has 2 aliphatic rings. The smallest absolute Gasteiger partial charge is 0.416 e. The fraction of sp³-hybridized carbons (Fsp3) is 0.477. The van der Waals surface area contributed by atoms with Crippen LogP contribution in [-0.4, -0.2) is 37.9 Å². The summed E-state index contributed by atoms with van der Waals surface area (Å²) in [7, 11) is 1.76. The highest BCUT2D eigenvalue weighted by Crippen LogP contribution is 2.35. The summed E-state index contributed by atoms with van der Waals surface area (Å²) in [5, 5.41) is 12.9. The van der Waals surface area contributed by atoms with Crippen molar-refractivity contribution in [2.75, 3.05) is 26.8 Å². The minimum Gasteiger partial charge on any atom is -0.478 e. The van der Waals surface area contributed by atoms with E-state index in [1.807, 2.05) is 65.8 Å². The monoisotopic (exact) mass is 711 g/mol. The number of aliphatic carboxylic acids is 1. The van der Waals surface area contributed by atoms with Crippen LogP contribution in [0.3, 0.4) is 0 Å². The standard InChI is InChI=1S/C30H28F3NO2.C8H18O.3C2H6/c1-2-20(21-11-13-27(14-12-21)30(31,32)33)3-6-24-9-10-26(29(35)36)19-28(24)25-7-4-22(5-8-25)23-15-17-34-18-16-23;1-5-6-8(2,3)7-9-4;3*1-2/h2-8,10-14,19,23,34H,1,9,15-18H2,(H,35,36);5-7H2,1-4H3;3*1-2H3/b20-3+,24-6+;;;;. The Morgan fingerprint density at radius 3 is 2.00 bits per heavy atom. The first-order valence-corrected chi connectivity index (χ1v) is 18.5. The van der Waals surface area contributed by atoms with Crippen LogP contribution in [-0.2, 0) is 15.7 Å². The van der Waals surface area contributed by atoms with E-state index in [0.29, 0.717) is 28.9 Å². The van der Waals surface area contributed by atoms with Gasteiger partial charge in [-0.3, -0.25) is 0 Å². The number of alkyl halides is 3. The topological polar surface area (TPSA) is 58.6 Å². The van der Waals surface area contributed by atoms with Crippen LogP contribution < -0.4 is 5.32 Å². The quantitative estimate of drug-likeness (QED) is 0.241. The van der Waals surface area contributed by atoms with E-state index < -0.39 is 17.7 Å². The highest BCUT2D eigenvalue weighted by Gasteiger charge is 2.30. The van der Waals surface area contributed by atoms with Crippen molar-refractivity contribution < 1.29 is 27.8 Å². The zero-order valence-corrected chi connectivity index (χ0v) is 32.8. The van der Waals surface area contributed by atoms with Gasteiger partial charge in [-0.05, 0) is 102 Å². The van der Waals surface area contributed by atoms with Gasteiger partial charge in [0.1, 0.15) is 0 Å². The number of carboxylic acids is 1. The van der Waals surface area contributed by atoms with Crippen LogP contribution in [0.2, 0.25) is 0 Å². The molecule has 0 unspecified atom stereocenters. The van der Waals surface area contributed by atoms with E-state index in [9.17, 15) is 23.1 Å². The van der Waals surface area contributed by atoms with Gasteiger partial charge in [-0.25, -0.2) is 4.79 Å². The zero-order chi connectivity index (χ0) is 39.0. The molecule has 284 valence electrons. The Kier molecular flexibility index (Phi) is 23.5. The molecule has 0 aromatic heterocycles. The first-order valence-electron chi connectivity index (χ1n) is 18.5. The van der Waals surface area contributed by atoms with Crippen molar-refractivity contribution in [3.8, 4) is 0 Å². The lowest BCUT2D eigenvalue weighted by molar-refractivity contribution is -0.137. The number of allylic oxidation sites excluding steroid dienone is 7. The summed E-state index contributed by atoms with van der Waals surface area (Å²) in [4.78, 5) is 11.7. The SMILES string of the molecule is C=C/C(=C\C=C1/CC=C(C(=O)O)C=C1c1ccc(C2CCNCC2)cc1)c1ccc(C(F)(F)F)cc1.CC.CC.CC.CCCC(C)(C)COC. The van der Waals surface area contributed by atoms with Gasteiger partial charge in [0, 0.05) is 7.11 Å². The minimum atomic E-state index is -4.39. The molecule has 4 rings (SSSR count). The molecule has 1 saturated heterocycles. The van der Waals surface area contributed by atoms with Crippen LogP contribution in [0, 0.1) is 5.41 Å². The number of carbonyl (C=O) groups is 1. The van der Waals surface area contributed by atoms with Crippen molar-refractivity contribution in [3.05, 3.63) is 119 Å². The molecular weight excluding hydrogens is 647 g/mol. The number of hydrogen-bond donors (Lipinski definition) is 2. The lowest BCUT2D eigenvalue weighted by atomic mass is 9.85. The highest BCUT2D eigenvalue weighted by atomic mass is 19.4. The van der Waals surface area contributed by atoms with Gasteiger partial charge in [0.25, 0.3) is 0 Å². The predicted octanol–water partition coefficient (Wildman–Crippen LogP) is 12.7. The Bertz CT molecular complexity index is 1400. The molecule has 1 aliphatic heterocycles. The first kappa shape index (κ1) is 47.3. The van der Waals surface area contributed by atoms with Crippen molar-refractivity contribution in [1.29, 1.82) is 0 Å². The van der Waals surface area contributed by atoms with Crippen LogP contribution in [0.25, 0.3) is 11.1 Å². The number of ether oxygens (including phenoxy) is 1. The Hall–Kier alpha value is -3.68. The average Bonchev–Trinajstić information content (AvgIpc) is 3.15. The van der Waals surface area contributed by atoms with Crippen LogP contribution in [0.5, 0.6) is 0 Å². The number of carboxylic acid groups (broad SMARTS) is 1. The van der Waals surface area contributed by atoms with Gasteiger partial charge in [-0.2, -0.15) is 13.2 Å². The fourth-order valence-corrected chi connectivity index (χ4v) is 5.77. The van der Waals surface area contributed by atoms with Crippen LogP contribution in [0.4, 0.5) is 13.2 Å². The lowest BCUT2D eigenvalue weighted by Crippen LogP contribution is -2.26. The van der Waals surface area contributed by atoms with Crippen molar-refractivity contribution in [2.45, 2.75) is 107 Å². The van der Waals surface area contributed by atoms with Crippen LogP contribution in [0.1, 0.15) is 123 Å². The van der Waals surface area contributed by atoms with Gasteiger partial charge >= 0.3 is 12.1 Å². The maximum atomic E-state index is 12.9. The highest BCUT2D eigenvalue weighted by molar-refractivity contribution is 5.97. The number of methoxy groups -OCH3 is 1. The van der Waals surface area contributed by atoms with E-state index >= 15 is 0 Å². The van der Waals surface area contributed by atoms with E-state index in [4.69, 9.17) is 4.74 Å². The third-order valence-electron chi connectivity index (χ3n) is 8.16. The number of rotatable bonds is 10. The molecule has 0 bridgehead atoms. The summed E-state index contributed by atoms with van der Waals surface area (Å²) in [5.41, 5.74) is 5.14. The summed E-state index contributed by atoms with van der Waals surface area (Å²) in [5.74, 6) is -0.461. The molecule has 51 heavy (non-hydrogen) atoms. The predicted molar refractivity (Wildman–Crippen MR) is 212 cm³/mol. The molecule has 4 nitrogen and oxygen atoms in total. The molecule has 7 heteroatoms. The van der Waals surface area contributed by atoms with E-state index in [1.165, 1.54) is 30.5 Å². The molecule has 2 N–H and O–H groups in total. The summed E-state index contributed by atoms with van der Waals surface area (Å²) >= 11 is 0. The van der Waals surface area contributed by atoms with Gasteiger partial charge in [0.15, 0.2) is 0 Å². The second kappa shape index (κ2) is 25.3. The van der Waals surface area contributed by atoms with Gasteiger partial charge < -0.3 is 15.2 Å². The number of hydrogen-bond acceptors (Lipinski definition) is 3. The minimum absolute atomic E-state index is 0.236. The first-order chi connectivity index (χ1) is 24.4. The summed E-state index contributed by atoms with van der Waals surface area (Å²) in [6, 6.07) is 13.3. The maximum Gasteiger partial charge on any atom is 0.416 e. The molecule has 0 saturated carbocycles. The van der Waals surface area contributed by atoms with E-state index in [0.717, 1.165) is 61.4 Å². The van der Waals surface area contributed by atoms with Crippen molar-refractivity contribution in [1.82, 2.24) is 5.32 Å². The van der Waals surface area contributed by atoms with Gasteiger partial charge in [-0.15, -0.1) is 0 Å². The molecule has 0 amide bonds. The number of piperidine rings is 1. The second-order valence-electron chi connectivity index (χ2n) is 12.3. The molecule has 0 radical (unpaired) electrons. The van der Waals surface area contributed by atoms with Crippen molar-refractivity contribution >= 4 is 17.1 Å². The van der Waals surface area contributed by atoms with E-state index in [1.54, 1.807) is 25.3 Å². The molecule has 0 atom stereocenters. The third kappa shape index (κ3) is 16.5. The molecular formula is C44H64F3NO3. The Morgan fingerprint density at radius 1 is 0.961 bits per heavy atom. The summed E-state index contributed by atoms with van der Waals surface area (Å²) in [6.45, 7) is 25.4. The number of halogens is 3. The number of nitrogens with one attached hydrogen (secondary N) is 1. The van der Waals surface area contributed by atoms with Crippen LogP contribution in [0.15, 0.2) is 96.6 Å². The second-order valence-corrected chi connectivity index (χ2v) is 12.3. The molecule has 2 aromatic rings. The average molecular weight is 712 g/mol. The fourth-order valence-electron chi connectivity index (χ4n) is 5.77. The summed E-state index contributed by atoms with van der Waals surface area (Å²) < 4.78 is 43.8. The zero-order valence-electron chi connectivity index (χ0n) is 32.8. The van der Waals surface area contributed by atoms with Crippen molar-refractivity contribution in [2.24, 2.45) is 5.41 Å². The molecule has 2 aromatic carbocycles. The molecule has 1 aliphatic carbocycles. The molecule has 0 spiro atoms. The Balaban J connectivity index is 0.00000143. The van der Waals surface area contributed by atoms with E-state index in [-0.39, 0.29) is 5.57 Å². The number of benzene rings is 2.